The smallest absolute Gasteiger partial charge is 0.243 e. The second kappa shape index (κ2) is 6.28. The number of amides is 2. The molecule has 5 nitrogen and oxygen atoms in total. The lowest BCUT2D eigenvalue weighted by Gasteiger charge is -2.39. The maximum atomic E-state index is 13.2. The van der Waals surface area contributed by atoms with Gasteiger partial charge in [0.1, 0.15) is 11.9 Å². The van der Waals surface area contributed by atoms with Crippen molar-refractivity contribution in [3.05, 3.63) is 35.6 Å². The molecule has 124 valence electrons. The largest absolute Gasteiger partial charge is 0.381 e. The van der Waals surface area contributed by atoms with Gasteiger partial charge in [0.25, 0.3) is 0 Å². The van der Waals surface area contributed by atoms with Crippen molar-refractivity contribution < 1.29 is 18.7 Å². The number of carbonyl (C=O) groups is 2. The Morgan fingerprint density at radius 2 is 1.96 bits per heavy atom. The molecule has 1 aromatic rings. The van der Waals surface area contributed by atoms with E-state index >= 15 is 0 Å². The number of nitrogens with one attached hydrogen (secondary N) is 1. The lowest BCUT2D eigenvalue weighted by Crippen LogP contribution is -2.54. The second-order valence-electron chi connectivity index (χ2n) is 6.25. The fourth-order valence-electron chi connectivity index (χ4n) is 3.40. The molecule has 2 aliphatic heterocycles. The first kappa shape index (κ1) is 15.9. The highest BCUT2D eigenvalue weighted by atomic mass is 19.1. The molecule has 2 aliphatic rings. The summed E-state index contributed by atoms with van der Waals surface area (Å²) in [6, 6.07) is 5.81. The van der Waals surface area contributed by atoms with Crippen LogP contribution in [0.5, 0.6) is 0 Å². The minimum absolute atomic E-state index is 0.00652. The highest BCUT2D eigenvalue weighted by molar-refractivity contribution is 5.91. The Kier molecular flexibility index (Phi) is 4.35. The summed E-state index contributed by atoms with van der Waals surface area (Å²) in [6.07, 6.45) is 2.21. The molecule has 2 fully saturated rings. The van der Waals surface area contributed by atoms with Crippen LogP contribution in [-0.2, 0) is 19.9 Å². The molecule has 2 heterocycles. The Morgan fingerprint density at radius 3 is 2.52 bits per heavy atom. The summed E-state index contributed by atoms with van der Waals surface area (Å²) in [6.45, 7) is 1.08. The zero-order chi connectivity index (χ0) is 16.4. The molecule has 0 aromatic heterocycles. The Balaban J connectivity index is 1.83. The Labute approximate surface area is 134 Å². The van der Waals surface area contributed by atoms with Crippen molar-refractivity contribution in [1.82, 2.24) is 10.2 Å². The van der Waals surface area contributed by atoms with Crippen molar-refractivity contribution >= 4 is 11.8 Å². The zero-order valence-electron chi connectivity index (χ0n) is 13.2. The van der Waals surface area contributed by atoms with Gasteiger partial charge in [-0.15, -0.1) is 0 Å². The van der Waals surface area contributed by atoms with E-state index in [9.17, 15) is 14.0 Å². The van der Waals surface area contributed by atoms with Gasteiger partial charge >= 0.3 is 0 Å². The van der Waals surface area contributed by atoms with E-state index in [-0.39, 0.29) is 17.6 Å². The molecule has 2 amide bonds. The predicted molar refractivity (Wildman–Crippen MR) is 82.1 cm³/mol. The number of likely N-dealkylation sites (N-methyl/N-ethyl adjacent to an activating group) is 1. The van der Waals surface area contributed by atoms with Crippen LogP contribution in [0.15, 0.2) is 24.3 Å². The minimum Gasteiger partial charge on any atom is -0.381 e. The summed E-state index contributed by atoms with van der Waals surface area (Å²) in [5.74, 6) is -0.457. The van der Waals surface area contributed by atoms with E-state index in [4.69, 9.17) is 4.74 Å². The highest BCUT2D eigenvalue weighted by Crippen LogP contribution is 2.33. The van der Waals surface area contributed by atoms with Gasteiger partial charge in [0.05, 0.1) is 5.54 Å². The van der Waals surface area contributed by atoms with Gasteiger partial charge in [0, 0.05) is 26.7 Å². The highest BCUT2D eigenvalue weighted by Gasteiger charge is 2.40. The van der Waals surface area contributed by atoms with Crippen molar-refractivity contribution in [2.75, 3.05) is 20.3 Å². The van der Waals surface area contributed by atoms with Crippen LogP contribution in [-0.4, -0.2) is 43.0 Å². The maximum absolute atomic E-state index is 13.2. The van der Waals surface area contributed by atoms with E-state index in [1.807, 2.05) is 0 Å². The first-order chi connectivity index (χ1) is 11.0. The molecular formula is C17H21FN2O3. The Bertz CT molecular complexity index is 596. The fraction of sp³-hybridized carbons (Fsp3) is 0.529. The summed E-state index contributed by atoms with van der Waals surface area (Å²) in [5.41, 5.74) is 0.317. The minimum atomic E-state index is -0.560. The molecule has 0 aliphatic carbocycles. The van der Waals surface area contributed by atoms with Crippen LogP contribution in [0, 0.1) is 5.82 Å². The third kappa shape index (κ3) is 3.08. The zero-order valence-corrected chi connectivity index (χ0v) is 13.2. The number of benzene rings is 1. The molecule has 1 unspecified atom stereocenters. The normalized spacial score (nSPS) is 23.8. The molecule has 23 heavy (non-hydrogen) atoms. The van der Waals surface area contributed by atoms with E-state index in [1.165, 1.54) is 17.0 Å². The molecule has 2 saturated heterocycles. The summed E-state index contributed by atoms with van der Waals surface area (Å²) in [4.78, 5) is 25.9. The first-order valence-electron chi connectivity index (χ1n) is 7.93. The molecule has 0 bridgehead atoms. The third-order valence-corrected chi connectivity index (χ3v) is 4.90. The van der Waals surface area contributed by atoms with Gasteiger partial charge in [-0.2, -0.15) is 0 Å². The topological polar surface area (TPSA) is 58.6 Å². The van der Waals surface area contributed by atoms with Gasteiger partial charge in [-0.05, 0) is 37.0 Å². The fourth-order valence-corrected chi connectivity index (χ4v) is 3.40. The number of likely N-dealkylation sites (tertiary alicyclic amines) is 1. The van der Waals surface area contributed by atoms with E-state index in [2.05, 4.69) is 5.32 Å². The SMILES string of the molecule is CN1C(=O)CCC1C(=O)NC1(c2ccc(F)cc2)CCOCC1. The second-order valence-corrected chi connectivity index (χ2v) is 6.25. The van der Waals surface area contributed by atoms with Gasteiger partial charge in [-0.1, -0.05) is 12.1 Å². The molecule has 0 radical (unpaired) electrons. The number of nitrogens with zero attached hydrogens (tertiary/aromatic N) is 1. The van der Waals surface area contributed by atoms with Gasteiger partial charge < -0.3 is 15.0 Å². The number of carbonyl (C=O) groups excluding carboxylic acids is 2. The van der Waals surface area contributed by atoms with E-state index in [0.29, 0.717) is 38.9 Å². The maximum Gasteiger partial charge on any atom is 0.243 e. The average Bonchev–Trinajstić information content (AvgIpc) is 2.88. The lowest BCUT2D eigenvalue weighted by molar-refractivity contribution is -0.135. The molecule has 3 rings (SSSR count). The molecule has 1 atom stereocenters. The third-order valence-electron chi connectivity index (χ3n) is 4.90. The van der Waals surface area contributed by atoms with Crippen LogP contribution in [0.25, 0.3) is 0 Å². The quantitative estimate of drug-likeness (QED) is 0.920. The van der Waals surface area contributed by atoms with Gasteiger partial charge in [0.15, 0.2) is 0 Å². The number of halogens is 1. The van der Waals surface area contributed by atoms with Crippen LogP contribution < -0.4 is 5.32 Å². The van der Waals surface area contributed by atoms with Crippen molar-refractivity contribution in [2.45, 2.75) is 37.3 Å². The van der Waals surface area contributed by atoms with Crippen molar-refractivity contribution in [1.29, 1.82) is 0 Å². The Hall–Kier alpha value is -1.95. The van der Waals surface area contributed by atoms with Crippen LogP contribution in [0.2, 0.25) is 0 Å². The van der Waals surface area contributed by atoms with Crippen molar-refractivity contribution in [3.8, 4) is 0 Å². The molecule has 1 aromatic carbocycles. The Morgan fingerprint density at radius 1 is 1.30 bits per heavy atom. The average molecular weight is 320 g/mol. The van der Waals surface area contributed by atoms with E-state index in [0.717, 1.165) is 5.56 Å². The van der Waals surface area contributed by atoms with Gasteiger partial charge in [-0.3, -0.25) is 9.59 Å². The number of rotatable bonds is 3. The van der Waals surface area contributed by atoms with Crippen LogP contribution >= 0.6 is 0 Å². The lowest BCUT2D eigenvalue weighted by atomic mass is 9.82. The monoisotopic (exact) mass is 320 g/mol. The number of ether oxygens (including phenoxy) is 1. The van der Waals surface area contributed by atoms with Gasteiger partial charge in [-0.25, -0.2) is 4.39 Å². The van der Waals surface area contributed by atoms with Crippen LogP contribution in [0.4, 0.5) is 4.39 Å². The van der Waals surface area contributed by atoms with Crippen LogP contribution in [0.3, 0.4) is 0 Å². The molecular weight excluding hydrogens is 299 g/mol. The first-order valence-corrected chi connectivity index (χ1v) is 7.93. The summed E-state index contributed by atoms with van der Waals surface area (Å²) < 4.78 is 18.7. The molecule has 0 spiro atoms. The van der Waals surface area contributed by atoms with Crippen molar-refractivity contribution in [2.24, 2.45) is 0 Å². The predicted octanol–water partition coefficient (Wildman–Crippen LogP) is 1.57. The van der Waals surface area contributed by atoms with Crippen LogP contribution in [0.1, 0.15) is 31.2 Å². The van der Waals surface area contributed by atoms with Crippen molar-refractivity contribution in [3.63, 3.8) is 0 Å². The molecule has 0 saturated carbocycles. The number of hydrogen-bond acceptors (Lipinski definition) is 3. The number of hydrogen-bond donors (Lipinski definition) is 1. The summed E-state index contributed by atoms with van der Waals surface area (Å²) >= 11 is 0. The summed E-state index contributed by atoms with van der Waals surface area (Å²) in [7, 11) is 1.66. The standard InChI is InChI=1S/C17H21FN2O3/c1-20-14(6-7-15(20)21)16(22)19-17(8-10-23-11-9-17)12-2-4-13(18)5-3-12/h2-5,14H,6-11H2,1H3,(H,19,22). The summed E-state index contributed by atoms with van der Waals surface area (Å²) in [5, 5.41) is 3.13. The van der Waals surface area contributed by atoms with E-state index < -0.39 is 11.6 Å². The molecule has 1 N–H and O–H groups in total. The molecule has 6 heteroatoms. The van der Waals surface area contributed by atoms with Gasteiger partial charge in [0.2, 0.25) is 11.8 Å². The van der Waals surface area contributed by atoms with E-state index in [1.54, 1.807) is 19.2 Å².